The van der Waals surface area contributed by atoms with E-state index in [1.54, 1.807) is 12.4 Å². The molecule has 4 aromatic heterocycles. The zero-order valence-corrected chi connectivity index (χ0v) is 38.4. The fourth-order valence-corrected chi connectivity index (χ4v) is 7.53. The molecule has 0 atom stereocenters. The Kier molecular flexibility index (Phi) is 14.0. The molecule has 0 saturated carbocycles. The van der Waals surface area contributed by atoms with Crippen molar-refractivity contribution in [3.8, 4) is 22.3 Å². The molecule has 0 aliphatic heterocycles. The van der Waals surface area contributed by atoms with E-state index in [9.17, 15) is 0 Å². The van der Waals surface area contributed by atoms with Gasteiger partial charge in [0, 0.05) is 17.8 Å². The SMILES string of the molecule is CC(C)c1c[c-]cc(C(C)C)c1-c1ccnc(N=c2cc(-c3c(C(C)C)cccc3C(C)C)cc[n-]2)c1.[Zn+2].c1ccc2c(N=c3[n-]ccc4ccccc34)nccc2c1. The largest absolute Gasteiger partial charge is 2.00 e. The van der Waals surface area contributed by atoms with Crippen LogP contribution in [0.2, 0.25) is 0 Å². The van der Waals surface area contributed by atoms with Gasteiger partial charge in [0.25, 0.3) is 0 Å². The molecule has 0 aliphatic rings. The van der Waals surface area contributed by atoms with Crippen molar-refractivity contribution in [3.05, 3.63) is 179 Å². The summed E-state index contributed by atoms with van der Waals surface area (Å²) in [5.74, 6) is 3.02. The molecule has 7 heteroatoms. The average Bonchev–Trinajstić information content (AvgIpc) is 3.23. The van der Waals surface area contributed by atoms with Gasteiger partial charge in [0.05, 0.1) is 11.6 Å². The summed E-state index contributed by atoms with van der Waals surface area (Å²) in [5.41, 5.74) is 11.6. The summed E-state index contributed by atoms with van der Waals surface area (Å²) in [6.45, 7) is 18.0. The summed E-state index contributed by atoms with van der Waals surface area (Å²) >= 11 is 0. The molecule has 6 nitrogen and oxygen atoms in total. The number of nitrogens with zero attached hydrogens (tertiary/aromatic N) is 6. The van der Waals surface area contributed by atoms with Gasteiger partial charge in [-0.05, 0) is 79.5 Å². The fraction of sp³-hybridized carbons (Fsp3) is 0.231. The Hall–Kier alpha value is -5.78. The van der Waals surface area contributed by atoms with Crippen molar-refractivity contribution in [3.63, 3.8) is 0 Å². The molecule has 0 amide bonds. The molecule has 0 radical (unpaired) electrons. The average molecular weight is 825 g/mol. The molecule has 0 N–H and O–H groups in total. The molecular weight excluding hydrogens is 774 g/mol. The molecule has 0 spiro atoms. The number of aromatic nitrogens is 4. The van der Waals surface area contributed by atoms with Crippen LogP contribution in [-0.2, 0) is 19.5 Å². The molecule has 8 aromatic rings. The topological polar surface area (TPSA) is 78.7 Å². The van der Waals surface area contributed by atoms with Gasteiger partial charge in [0.15, 0.2) is 0 Å². The van der Waals surface area contributed by atoms with Crippen LogP contribution in [0.5, 0.6) is 0 Å². The van der Waals surface area contributed by atoms with E-state index in [-0.39, 0.29) is 19.5 Å². The van der Waals surface area contributed by atoms with Crippen molar-refractivity contribution >= 4 is 33.2 Å². The minimum Gasteiger partial charge on any atom is -0.443 e. The molecule has 8 rings (SSSR count). The summed E-state index contributed by atoms with van der Waals surface area (Å²) in [4.78, 5) is 27.5. The zero-order valence-electron chi connectivity index (χ0n) is 35.5. The van der Waals surface area contributed by atoms with E-state index in [2.05, 4.69) is 153 Å². The van der Waals surface area contributed by atoms with Crippen LogP contribution in [0.15, 0.2) is 150 Å². The molecule has 4 aromatic carbocycles. The van der Waals surface area contributed by atoms with Gasteiger partial charge >= 0.3 is 19.5 Å². The molecule has 4 heterocycles. The number of hydrogen-bond acceptors (Lipinski definition) is 4. The van der Waals surface area contributed by atoms with Crippen LogP contribution in [0, 0.1) is 6.07 Å². The van der Waals surface area contributed by atoms with Crippen molar-refractivity contribution in [2.45, 2.75) is 79.1 Å². The molecule has 292 valence electrons. The minimum atomic E-state index is 0. The summed E-state index contributed by atoms with van der Waals surface area (Å²) in [6, 6.07) is 42.8. The normalized spacial score (nSPS) is 12.1. The van der Waals surface area contributed by atoms with E-state index < -0.39 is 0 Å². The summed E-state index contributed by atoms with van der Waals surface area (Å²) in [6.07, 6.45) is 7.28. The maximum atomic E-state index is 4.88. The van der Waals surface area contributed by atoms with Gasteiger partial charge in [-0.2, -0.15) is 18.2 Å². The Labute approximate surface area is 361 Å². The number of hydrogen-bond donors (Lipinski definition) is 0. The summed E-state index contributed by atoms with van der Waals surface area (Å²) in [7, 11) is 0. The van der Waals surface area contributed by atoms with E-state index in [1.807, 2.05) is 60.9 Å². The Morgan fingerprint density at radius 2 is 1.07 bits per heavy atom. The number of rotatable bonds is 8. The Morgan fingerprint density at radius 3 is 1.73 bits per heavy atom. The first kappa shape index (κ1) is 42.8. The predicted molar refractivity (Wildman–Crippen MR) is 240 cm³/mol. The van der Waals surface area contributed by atoms with Crippen LogP contribution < -0.4 is 20.9 Å². The van der Waals surface area contributed by atoms with Crippen LogP contribution in [0.25, 0.3) is 43.8 Å². The second kappa shape index (κ2) is 19.3. The third-order valence-electron chi connectivity index (χ3n) is 10.5. The van der Waals surface area contributed by atoms with E-state index in [1.165, 1.54) is 33.4 Å². The predicted octanol–water partition coefficient (Wildman–Crippen LogP) is 12.5. The third-order valence-corrected chi connectivity index (χ3v) is 10.5. The third kappa shape index (κ3) is 9.75. The summed E-state index contributed by atoms with van der Waals surface area (Å²) in [5, 5.41) is 4.34. The van der Waals surface area contributed by atoms with Crippen LogP contribution in [0.1, 0.15) is 101 Å². The monoisotopic (exact) mass is 823 g/mol. The second-order valence-electron chi connectivity index (χ2n) is 15.9. The molecule has 0 aliphatic carbocycles. The number of fused-ring (bicyclic) bond motifs is 2. The van der Waals surface area contributed by atoms with Gasteiger partial charge in [-0.25, -0.2) is 0 Å². The van der Waals surface area contributed by atoms with Crippen LogP contribution in [-0.4, -0.2) is 9.97 Å². The maximum Gasteiger partial charge on any atom is 2.00 e. The van der Waals surface area contributed by atoms with Gasteiger partial charge in [-0.1, -0.05) is 170 Å². The van der Waals surface area contributed by atoms with Gasteiger partial charge in [0.2, 0.25) is 0 Å². The maximum absolute atomic E-state index is 4.88. The Balaban J connectivity index is 0.000000224. The minimum absolute atomic E-state index is 0. The van der Waals surface area contributed by atoms with Crippen molar-refractivity contribution in [1.82, 2.24) is 19.9 Å². The van der Waals surface area contributed by atoms with Crippen LogP contribution in [0.4, 0.5) is 11.6 Å². The first-order valence-corrected chi connectivity index (χ1v) is 20.3. The molecular formula is C52H51N6Zn-. The second-order valence-corrected chi connectivity index (χ2v) is 15.9. The van der Waals surface area contributed by atoms with Crippen molar-refractivity contribution in [2.75, 3.05) is 0 Å². The first-order valence-electron chi connectivity index (χ1n) is 20.3. The van der Waals surface area contributed by atoms with E-state index in [0.29, 0.717) is 46.3 Å². The van der Waals surface area contributed by atoms with Crippen molar-refractivity contribution < 1.29 is 19.5 Å². The van der Waals surface area contributed by atoms with E-state index >= 15 is 0 Å². The van der Waals surface area contributed by atoms with E-state index in [0.717, 1.165) is 32.7 Å². The first-order chi connectivity index (χ1) is 28.1. The van der Waals surface area contributed by atoms with Gasteiger partial charge in [0.1, 0.15) is 0 Å². The standard InChI is InChI=1S/C34H39N3.C18H12N3.Zn/c1-21(2)27-11-9-12-28(22(3)4)33(27)25-15-17-35-31(19-25)37-32-20-26(16-18-36-32)34-29(23(5)6)13-10-14-30(34)24(7)8;1-3-7-15-13(5-1)9-11-19-17(15)21-18-16-8-4-2-6-14(16)10-12-20-18;/h9,11-24H,1-8H3;1-12H;/q-2;-1;+2. The Bertz CT molecular complexity index is 2760. The van der Waals surface area contributed by atoms with Crippen molar-refractivity contribution in [1.29, 1.82) is 0 Å². The molecule has 0 unspecified atom stereocenters. The van der Waals surface area contributed by atoms with Crippen molar-refractivity contribution in [2.24, 2.45) is 9.98 Å². The van der Waals surface area contributed by atoms with Gasteiger partial charge in [-0.3, -0.25) is 9.97 Å². The van der Waals surface area contributed by atoms with Gasteiger partial charge in [-0.15, -0.1) is 16.7 Å². The zero-order chi connectivity index (χ0) is 40.8. The van der Waals surface area contributed by atoms with Crippen LogP contribution in [0.3, 0.4) is 0 Å². The van der Waals surface area contributed by atoms with Gasteiger partial charge < -0.3 is 20.0 Å². The Morgan fingerprint density at radius 1 is 0.508 bits per heavy atom. The van der Waals surface area contributed by atoms with E-state index in [4.69, 9.17) is 4.99 Å². The van der Waals surface area contributed by atoms with Crippen LogP contribution >= 0.6 is 0 Å². The summed E-state index contributed by atoms with van der Waals surface area (Å²) < 4.78 is 0. The number of pyridine rings is 4. The molecule has 0 bridgehead atoms. The fourth-order valence-electron chi connectivity index (χ4n) is 7.53. The smallest absolute Gasteiger partial charge is 0.443 e. The molecule has 0 saturated heterocycles. The molecule has 59 heavy (non-hydrogen) atoms. The number of benzene rings is 4. The quantitative estimate of drug-likeness (QED) is 0.113. The molecule has 0 fully saturated rings.